The number of nitro groups is 1. The van der Waals surface area contributed by atoms with Crippen LogP contribution < -0.4 is 5.32 Å². The summed E-state index contributed by atoms with van der Waals surface area (Å²) in [4.78, 5) is 10.3. The molecule has 0 amide bonds. The van der Waals surface area contributed by atoms with Crippen LogP contribution in [0.1, 0.15) is 24.5 Å². The van der Waals surface area contributed by atoms with E-state index < -0.39 is 10.7 Å². The van der Waals surface area contributed by atoms with Crippen LogP contribution >= 0.6 is 0 Å². The van der Waals surface area contributed by atoms with Crippen molar-refractivity contribution in [2.45, 2.75) is 32.2 Å². The molecule has 3 rings (SSSR count). The molecule has 2 aromatic rings. The Balaban J connectivity index is 1.66. The highest BCUT2D eigenvalue weighted by Gasteiger charge is 2.17. The number of benzene rings is 1. The number of nitrogens with zero attached hydrogens (tertiary/aromatic N) is 4. The number of hydrogen-bond acceptors (Lipinski definition) is 5. The minimum Gasteiger partial charge on any atom is -0.379 e. The maximum absolute atomic E-state index is 13.1. The van der Waals surface area contributed by atoms with Crippen molar-refractivity contribution in [1.29, 1.82) is 0 Å². The van der Waals surface area contributed by atoms with Gasteiger partial charge in [0.25, 0.3) is 5.69 Å². The number of fused-ring (bicyclic) bond motifs is 1. The molecule has 0 bridgehead atoms. The lowest BCUT2D eigenvalue weighted by Crippen LogP contribution is -2.16. The van der Waals surface area contributed by atoms with Crippen LogP contribution in [-0.2, 0) is 19.4 Å². The summed E-state index contributed by atoms with van der Waals surface area (Å²) >= 11 is 0. The Hall–Kier alpha value is -2.51. The van der Waals surface area contributed by atoms with Crippen molar-refractivity contribution in [3.63, 3.8) is 0 Å². The second-order valence-electron chi connectivity index (χ2n) is 5.24. The van der Waals surface area contributed by atoms with Gasteiger partial charge in [0.2, 0.25) is 0 Å². The van der Waals surface area contributed by atoms with Crippen LogP contribution in [-0.4, -0.2) is 26.2 Å². The Morgan fingerprint density at radius 1 is 1.36 bits per heavy atom. The molecular formula is C14H16FN5O2. The molecule has 22 heavy (non-hydrogen) atoms. The molecule has 0 radical (unpaired) electrons. The van der Waals surface area contributed by atoms with Crippen LogP contribution in [0.5, 0.6) is 0 Å². The first-order chi connectivity index (χ1) is 10.6. The van der Waals surface area contributed by atoms with E-state index in [1.54, 1.807) is 0 Å². The van der Waals surface area contributed by atoms with Crippen LogP contribution in [0.4, 0.5) is 15.8 Å². The SMILES string of the molecule is O=[N+]([O-])c1cc(F)ccc1NCCc1nnc2n1CCCC2. The van der Waals surface area contributed by atoms with Gasteiger partial charge in [-0.05, 0) is 25.0 Å². The van der Waals surface area contributed by atoms with E-state index in [0.29, 0.717) is 18.7 Å². The van der Waals surface area contributed by atoms with E-state index in [0.717, 1.165) is 43.5 Å². The van der Waals surface area contributed by atoms with E-state index in [-0.39, 0.29) is 5.69 Å². The minimum atomic E-state index is -0.622. The van der Waals surface area contributed by atoms with Gasteiger partial charge >= 0.3 is 0 Å². The summed E-state index contributed by atoms with van der Waals surface area (Å²) < 4.78 is 15.2. The summed E-state index contributed by atoms with van der Waals surface area (Å²) in [6.45, 7) is 1.40. The number of anilines is 1. The Bertz CT molecular complexity index is 701. The highest BCUT2D eigenvalue weighted by Crippen LogP contribution is 2.25. The van der Waals surface area contributed by atoms with Crippen LogP contribution in [0.15, 0.2) is 18.2 Å². The standard InChI is InChI=1S/C14H16FN5O2/c15-10-4-5-11(12(9-10)20(21)22)16-7-6-14-18-17-13-3-1-2-8-19(13)14/h4-5,9,16H,1-3,6-8H2. The van der Waals surface area contributed by atoms with E-state index in [9.17, 15) is 14.5 Å². The summed E-state index contributed by atoms with van der Waals surface area (Å²) in [5.41, 5.74) is 0.0491. The summed E-state index contributed by atoms with van der Waals surface area (Å²) in [6, 6.07) is 3.50. The molecule has 2 heterocycles. The molecular weight excluding hydrogens is 289 g/mol. The van der Waals surface area contributed by atoms with E-state index in [2.05, 4.69) is 20.1 Å². The predicted octanol–water partition coefficient (Wildman–Crippen LogP) is 2.32. The zero-order valence-electron chi connectivity index (χ0n) is 12.0. The van der Waals surface area contributed by atoms with E-state index in [1.165, 1.54) is 12.1 Å². The van der Waals surface area contributed by atoms with Gasteiger partial charge in [-0.2, -0.15) is 0 Å². The first-order valence-corrected chi connectivity index (χ1v) is 7.24. The molecule has 0 unspecified atom stereocenters. The Morgan fingerprint density at radius 2 is 2.23 bits per heavy atom. The quantitative estimate of drug-likeness (QED) is 0.676. The normalized spacial score (nSPS) is 13.7. The van der Waals surface area contributed by atoms with E-state index in [4.69, 9.17) is 0 Å². The number of nitro benzene ring substituents is 1. The largest absolute Gasteiger partial charge is 0.379 e. The summed E-state index contributed by atoms with van der Waals surface area (Å²) in [5.74, 6) is 1.27. The van der Waals surface area contributed by atoms with Crippen LogP contribution in [0.25, 0.3) is 0 Å². The summed E-state index contributed by atoms with van der Waals surface area (Å²) in [7, 11) is 0. The van der Waals surface area contributed by atoms with E-state index in [1.807, 2.05) is 0 Å². The van der Waals surface area contributed by atoms with Crippen LogP contribution in [0.3, 0.4) is 0 Å². The van der Waals surface area contributed by atoms with Crippen LogP contribution in [0, 0.1) is 15.9 Å². The third-order valence-electron chi connectivity index (χ3n) is 3.76. The van der Waals surface area contributed by atoms with E-state index >= 15 is 0 Å². The smallest absolute Gasteiger partial charge is 0.295 e. The molecule has 0 fully saturated rings. The molecule has 1 aliphatic rings. The summed E-state index contributed by atoms with van der Waals surface area (Å²) in [5, 5.41) is 22.3. The van der Waals surface area contributed by atoms with Gasteiger partial charge in [0.15, 0.2) is 0 Å². The second-order valence-corrected chi connectivity index (χ2v) is 5.24. The van der Waals surface area contributed by atoms with Gasteiger partial charge in [-0.25, -0.2) is 4.39 Å². The van der Waals surface area contributed by atoms with Gasteiger partial charge < -0.3 is 9.88 Å². The molecule has 7 nitrogen and oxygen atoms in total. The van der Waals surface area contributed by atoms with Crippen LogP contribution in [0.2, 0.25) is 0 Å². The molecule has 116 valence electrons. The van der Waals surface area contributed by atoms with Gasteiger partial charge in [-0.1, -0.05) is 0 Å². The number of hydrogen-bond donors (Lipinski definition) is 1. The highest BCUT2D eigenvalue weighted by molar-refractivity contribution is 5.61. The fourth-order valence-electron chi connectivity index (χ4n) is 2.67. The lowest BCUT2D eigenvalue weighted by atomic mass is 10.1. The summed E-state index contributed by atoms with van der Waals surface area (Å²) in [6.07, 6.45) is 3.82. The first-order valence-electron chi connectivity index (χ1n) is 7.24. The zero-order valence-corrected chi connectivity index (χ0v) is 12.0. The van der Waals surface area contributed by atoms with Crippen molar-refractivity contribution in [2.24, 2.45) is 0 Å². The lowest BCUT2D eigenvalue weighted by Gasteiger charge is -2.14. The molecule has 1 aromatic carbocycles. The van der Waals surface area contributed by atoms with Gasteiger partial charge in [-0.3, -0.25) is 10.1 Å². The number of aromatic nitrogens is 3. The highest BCUT2D eigenvalue weighted by atomic mass is 19.1. The Labute approximate surface area is 126 Å². The topological polar surface area (TPSA) is 85.9 Å². The van der Waals surface area contributed by atoms with Gasteiger partial charge in [0.1, 0.15) is 23.2 Å². The van der Waals surface area contributed by atoms with Gasteiger partial charge in [0, 0.05) is 25.9 Å². The molecule has 0 saturated heterocycles. The number of nitrogens with one attached hydrogen (secondary N) is 1. The van der Waals surface area contributed by atoms with Crippen molar-refractivity contribution in [1.82, 2.24) is 14.8 Å². The Morgan fingerprint density at radius 3 is 3.05 bits per heavy atom. The fraction of sp³-hybridized carbons (Fsp3) is 0.429. The first kappa shape index (κ1) is 14.4. The lowest BCUT2D eigenvalue weighted by molar-refractivity contribution is -0.384. The molecule has 0 aliphatic carbocycles. The van der Waals surface area contributed by atoms with Gasteiger partial charge in [-0.15, -0.1) is 10.2 Å². The molecule has 1 N–H and O–H groups in total. The molecule has 1 aromatic heterocycles. The number of halogens is 1. The fourth-order valence-corrected chi connectivity index (χ4v) is 2.67. The number of rotatable bonds is 5. The van der Waals surface area contributed by atoms with Crippen molar-refractivity contribution < 1.29 is 9.31 Å². The molecule has 0 saturated carbocycles. The van der Waals surface area contributed by atoms with Crippen molar-refractivity contribution in [3.8, 4) is 0 Å². The van der Waals surface area contributed by atoms with Crippen molar-refractivity contribution in [2.75, 3.05) is 11.9 Å². The maximum atomic E-state index is 13.1. The minimum absolute atomic E-state index is 0.261. The zero-order chi connectivity index (χ0) is 15.5. The van der Waals surface area contributed by atoms with Gasteiger partial charge in [0.05, 0.1) is 11.0 Å². The molecule has 8 heteroatoms. The van der Waals surface area contributed by atoms with Crippen molar-refractivity contribution >= 4 is 11.4 Å². The second kappa shape index (κ2) is 6.08. The molecule has 0 spiro atoms. The maximum Gasteiger partial charge on any atom is 0.295 e. The Kier molecular flexibility index (Phi) is 3.99. The monoisotopic (exact) mass is 305 g/mol. The number of aryl methyl sites for hydroxylation is 1. The molecule has 1 aliphatic heterocycles. The van der Waals surface area contributed by atoms with Crippen molar-refractivity contribution in [3.05, 3.63) is 45.8 Å². The molecule has 0 atom stereocenters. The average Bonchev–Trinajstić information content (AvgIpc) is 2.92. The average molecular weight is 305 g/mol. The predicted molar refractivity (Wildman–Crippen MR) is 78.2 cm³/mol. The third-order valence-corrected chi connectivity index (χ3v) is 3.76. The third kappa shape index (κ3) is 2.90.